The molecule has 0 aliphatic rings. The molecule has 0 spiro atoms. The quantitative estimate of drug-likeness (QED) is 0.276. The summed E-state index contributed by atoms with van der Waals surface area (Å²) < 4.78 is 0. The van der Waals surface area contributed by atoms with Crippen LogP contribution in [-0.2, 0) is 4.79 Å². The van der Waals surface area contributed by atoms with Crippen molar-refractivity contribution in [2.24, 2.45) is 5.73 Å². The van der Waals surface area contributed by atoms with Crippen LogP contribution in [0.5, 0.6) is 0 Å². The van der Waals surface area contributed by atoms with Gasteiger partial charge in [0.1, 0.15) is 0 Å². The lowest BCUT2D eigenvalue weighted by molar-refractivity contribution is -0.112. The van der Waals surface area contributed by atoms with Gasteiger partial charge in [-0.1, -0.05) is 6.08 Å². The molecular weight excluding hydrogens is 166 g/mol. The molecule has 0 aliphatic carbocycles. The second-order valence-corrected chi connectivity index (χ2v) is 2.33. The number of carbonyl (C=O) groups excluding carboxylic acids is 1. The molecule has 0 aromatic heterocycles. The second kappa shape index (κ2) is 4.73. The number of nitrogens with two attached hydrogens (primary N) is 1. The van der Waals surface area contributed by atoms with Crippen molar-refractivity contribution in [2.75, 3.05) is 13.1 Å². The summed E-state index contributed by atoms with van der Waals surface area (Å²) in [4.78, 5) is 11.7. The first kappa shape index (κ1) is 9.97. The number of nitrogens with one attached hydrogen (secondary N) is 1. The molecule has 0 aromatic rings. The average molecular weight is 176 g/mol. The van der Waals surface area contributed by atoms with Crippen molar-refractivity contribution in [3.8, 4) is 0 Å². The van der Waals surface area contributed by atoms with Crippen LogP contribution in [0.2, 0.25) is 0 Å². The predicted molar refractivity (Wildman–Crippen MR) is 44.5 cm³/mol. The topological polar surface area (TPSA) is 70.2 Å². The molecule has 0 amide bonds. The molecule has 11 heavy (non-hydrogen) atoms. The Morgan fingerprint density at radius 3 is 2.64 bits per heavy atom. The van der Waals surface area contributed by atoms with E-state index in [2.05, 4.69) is 6.58 Å². The largest absolute Gasteiger partial charge is 0.370 e. The highest BCUT2D eigenvalue weighted by molar-refractivity contribution is 6.64. The molecule has 0 fully saturated rings. The van der Waals surface area contributed by atoms with Crippen LogP contribution in [0, 0.1) is 5.41 Å². The first-order valence-electron chi connectivity index (χ1n) is 2.96. The Bertz CT molecular complexity index is 181. The summed E-state index contributed by atoms with van der Waals surface area (Å²) in [5.41, 5.74) is 5.12. The van der Waals surface area contributed by atoms with E-state index in [9.17, 15) is 4.79 Å². The van der Waals surface area contributed by atoms with Gasteiger partial charge in [0.05, 0.1) is 6.54 Å². The van der Waals surface area contributed by atoms with Crippen molar-refractivity contribution >= 4 is 22.8 Å². The van der Waals surface area contributed by atoms with Gasteiger partial charge in [0.15, 0.2) is 5.96 Å². The van der Waals surface area contributed by atoms with Crippen LogP contribution in [0.1, 0.15) is 0 Å². The van der Waals surface area contributed by atoms with Crippen LogP contribution >= 0.6 is 11.6 Å². The third kappa shape index (κ3) is 4.38. The Balaban J connectivity index is 3.99. The summed E-state index contributed by atoms with van der Waals surface area (Å²) in [5.74, 6) is -0.182. The van der Waals surface area contributed by atoms with Crippen LogP contribution in [-0.4, -0.2) is 29.2 Å². The van der Waals surface area contributed by atoms with Gasteiger partial charge in [-0.2, -0.15) is 0 Å². The highest BCUT2D eigenvalue weighted by atomic mass is 35.5. The lowest BCUT2D eigenvalue weighted by atomic mass is 10.5. The third-order valence-electron chi connectivity index (χ3n) is 1.01. The smallest absolute Gasteiger partial charge is 0.241 e. The number of hydrogen-bond donors (Lipinski definition) is 2. The molecule has 5 heteroatoms. The second-order valence-electron chi connectivity index (χ2n) is 1.91. The maximum absolute atomic E-state index is 10.4. The minimum Gasteiger partial charge on any atom is -0.370 e. The Kier molecular flexibility index (Phi) is 4.29. The Labute approximate surface area is 70.1 Å². The molecule has 3 N–H and O–H groups in total. The van der Waals surface area contributed by atoms with Gasteiger partial charge in [0, 0.05) is 6.54 Å². The maximum atomic E-state index is 10.4. The lowest BCUT2D eigenvalue weighted by Crippen LogP contribution is -2.39. The van der Waals surface area contributed by atoms with Crippen molar-refractivity contribution in [1.29, 1.82) is 5.41 Å². The molecule has 0 radical (unpaired) electrons. The van der Waals surface area contributed by atoms with E-state index in [0.717, 1.165) is 0 Å². The van der Waals surface area contributed by atoms with Gasteiger partial charge in [-0.25, -0.2) is 0 Å². The van der Waals surface area contributed by atoms with E-state index in [1.54, 1.807) is 6.08 Å². The molecule has 0 bridgehead atoms. The van der Waals surface area contributed by atoms with Crippen molar-refractivity contribution in [3.05, 3.63) is 12.7 Å². The van der Waals surface area contributed by atoms with E-state index in [1.807, 2.05) is 0 Å². The van der Waals surface area contributed by atoms with Crippen LogP contribution in [0.25, 0.3) is 0 Å². The Morgan fingerprint density at radius 1 is 1.82 bits per heavy atom. The Hall–Kier alpha value is -1.03. The first-order chi connectivity index (χ1) is 5.07. The number of rotatable bonds is 4. The molecule has 0 heterocycles. The molecule has 0 rings (SSSR count). The van der Waals surface area contributed by atoms with Crippen LogP contribution in [0.3, 0.4) is 0 Å². The van der Waals surface area contributed by atoms with E-state index in [1.165, 1.54) is 4.90 Å². The minimum absolute atomic E-state index is 0.0527. The highest BCUT2D eigenvalue weighted by Gasteiger charge is 2.07. The van der Waals surface area contributed by atoms with Crippen LogP contribution in [0.15, 0.2) is 12.7 Å². The number of hydrogen-bond acceptors (Lipinski definition) is 2. The first-order valence-corrected chi connectivity index (χ1v) is 3.34. The summed E-state index contributed by atoms with van der Waals surface area (Å²) in [7, 11) is 0. The van der Waals surface area contributed by atoms with Crippen LogP contribution < -0.4 is 5.73 Å². The zero-order chi connectivity index (χ0) is 8.85. The van der Waals surface area contributed by atoms with E-state index < -0.39 is 5.24 Å². The monoisotopic (exact) mass is 175 g/mol. The fraction of sp³-hybridized carbons (Fsp3) is 0.333. The van der Waals surface area contributed by atoms with E-state index in [0.29, 0.717) is 6.54 Å². The summed E-state index contributed by atoms with van der Waals surface area (Å²) >= 11 is 5.09. The average Bonchev–Trinajstić information content (AvgIpc) is 1.86. The highest BCUT2D eigenvalue weighted by Crippen LogP contribution is 1.90. The van der Waals surface area contributed by atoms with Crippen molar-refractivity contribution in [1.82, 2.24) is 4.90 Å². The Morgan fingerprint density at radius 2 is 2.36 bits per heavy atom. The molecule has 0 unspecified atom stereocenters. The summed E-state index contributed by atoms with van der Waals surface area (Å²) in [6.07, 6.45) is 1.54. The van der Waals surface area contributed by atoms with Crippen molar-refractivity contribution < 1.29 is 4.79 Å². The standard InChI is InChI=1S/C6H10ClN3O/c1-2-3-10(6(8)9)4-5(7)11/h2H,1,3-4H2,(H3,8,9). The zero-order valence-corrected chi connectivity index (χ0v) is 6.77. The third-order valence-corrected chi connectivity index (χ3v) is 1.12. The SMILES string of the molecule is C=CCN(CC(=O)Cl)C(=N)N. The fourth-order valence-corrected chi connectivity index (χ4v) is 0.698. The summed E-state index contributed by atoms with van der Waals surface area (Å²) in [5, 5.41) is 6.45. The number of guanidine groups is 1. The molecule has 0 atom stereocenters. The van der Waals surface area contributed by atoms with Crippen molar-refractivity contribution in [2.45, 2.75) is 0 Å². The summed E-state index contributed by atoms with van der Waals surface area (Å²) in [6.45, 7) is 3.74. The van der Waals surface area contributed by atoms with E-state index in [-0.39, 0.29) is 12.5 Å². The van der Waals surface area contributed by atoms with Gasteiger partial charge in [-0.3, -0.25) is 10.2 Å². The lowest BCUT2D eigenvalue weighted by Gasteiger charge is -2.17. The summed E-state index contributed by atoms with van der Waals surface area (Å²) in [6, 6.07) is 0. The van der Waals surface area contributed by atoms with E-state index in [4.69, 9.17) is 22.7 Å². The minimum atomic E-state index is -0.540. The van der Waals surface area contributed by atoms with Gasteiger partial charge in [0.2, 0.25) is 5.24 Å². The normalized spacial score (nSPS) is 8.82. The van der Waals surface area contributed by atoms with Gasteiger partial charge in [-0.05, 0) is 11.6 Å². The number of halogens is 1. The molecule has 4 nitrogen and oxygen atoms in total. The predicted octanol–water partition coefficient (Wildman–Crippen LogP) is 0.133. The van der Waals surface area contributed by atoms with Crippen LogP contribution in [0.4, 0.5) is 0 Å². The van der Waals surface area contributed by atoms with Gasteiger partial charge >= 0.3 is 0 Å². The maximum Gasteiger partial charge on any atom is 0.241 e. The molecular formula is C6H10ClN3O. The number of carbonyl (C=O) groups is 1. The zero-order valence-electron chi connectivity index (χ0n) is 6.01. The molecule has 0 saturated carbocycles. The molecule has 0 aliphatic heterocycles. The van der Waals surface area contributed by atoms with Gasteiger partial charge < -0.3 is 10.6 Å². The number of nitrogens with zero attached hydrogens (tertiary/aromatic N) is 1. The van der Waals surface area contributed by atoms with Gasteiger partial charge in [-0.15, -0.1) is 6.58 Å². The molecule has 0 aromatic carbocycles. The molecule has 0 saturated heterocycles. The van der Waals surface area contributed by atoms with E-state index >= 15 is 0 Å². The fourth-order valence-electron chi connectivity index (χ4n) is 0.554. The van der Waals surface area contributed by atoms with Gasteiger partial charge in [0.25, 0.3) is 0 Å². The molecule has 62 valence electrons. The van der Waals surface area contributed by atoms with Crippen molar-refractivity contribution in [3.63, 3.8) is 0 Å².